The number of carboxylic acids is 1. The highest BCUT2D eigenvalue weighted by molar-refractivity contribution is 7.07. The number of rotatable bonds is 6. The first-order valence-electron chi connectivity index (χ1n) is 5.77. The second-order valence-electron chi connectivity index (χ2n) is 4.48. The Kier molecular flexibility index (Phi) is 5.64. The molecule has 0 aliphatic rings. The van der Waals surface area contributed by atoms with Crippen LogP contribution in [0.1, 0.15) is 25.8 Å². The van der Waals surface area contributed by atoms with E-state index in [1.807, 2.05) is 30.7 Å². The highest BCUT2D eigenvalue weighted by Crippen LogP contribution is 2.06. The Hall–Kier alpha value is -1.56. The van der Waals surface area contributed by atoms with Crippen LogP contribution in [0.5, 0.6) is 0 Å². The topological polar surface area (TPSA) is 78.4 Å². The average Bonchev–Trinajstić information content (AvgIpc) is 2.77. The first kappa shape index (κ1) is 14.5. The maximum Gasteiger partial charge on any atom is 0.326 e. The molecule has 1 rings (SSSR count). The Morgan fingerprint density at radius 3 is 2.67 bits per heavy atom. The zero-order valence-corrected chi connectivity index (χ0v) is 11.3. The van der Waals surface area contributed by atoms with Crippen LogP contribution in [0.2, 0.25) is 0 Å². The lowest BCUT2D eigenvalue weighted by atomic mass is 10.0. The molecule has 0 bridgehead atoms. The molecule has 1 aromatic rings. The molecule has 0 aliphatic heterocycles. The minimum Gasteiger partial charge on any atom is -0.480 e. The van der Waals surface area contributed by atoms with E-state index in [4.69, 9.17) is 5.11 Å². The van der Waals surface area contributed by atoms with Gasteiger partial charge in [0.1, 0.15) is 6.04 Å². The Bertz CT molecular complexity index is 390. The number of thiophene rings is 1. The summed E-state index contributed by atoms with van der Waals surface area (Å²) in [4.78, 5) is 22.5. The summed E-state index contributed by atoms with van der Waals surface area (Å²) in [5, 5.41) is 17.9. The van der Waals surface area contributed by atoms with Crippen LogP contribution < -0.4 is 10.6 Å². The number of nitrogens with one attached hydrogen (secondary N) is 2. The van der Waals surface area contributed by atoms with Gasteiger partial charge in [0.05, 0.1) is 0 Å². The highest BCUT2D eigenvalue weighted by atomic mass is 32.1. The van der Waals surface area contributed by atoms with E-state index < -0.39 is 18.0 Å². The van der Waals surface area contributed by atoms with Gasteiger partial charge in [-0.05, 0) is 34.7 Å². The molecular weight excluding hydrogens is 252 g/mol. The van der Waals surface area contributed by atoms with Crippen LogP contribution >= 0.6 is 11.3 Å². The van der Waals surface area contributed by atoms with Gasteiger partial charge in [-0.25, -0.2) is 9.59 Å². The van der Waals surface area contributed by atoms with Crippen molar-refractivity contribution in [2.24, 2.45) is 5.92 Å². The summed E-state index contributed by atoms with van der Waals surface area (Å²) in [7, 11) is 0. The summed E-state index contributed by atoms with van der Waals surface area (Å²) in [5.41, 5.74) is 1.01. The molecule has 0 unspecified atom stereocenters. The lowest BCUT2D eigenvalue weighted by molar-refractivity contribution is -0.139. The molecule has 18 heavy (non-hydrogen) atoms. The number of amides is 2. The maximum absolute atomic E-state index is 11.6. The highest BCUT2D eigenvalue weighted by Gasteiger charge is 2.20. The summed E-state index contributed by atoms with van der Waals surface area (Å²) in [5.74, 6) is -0.794. The van der Waals surface area contributed by atoms with Crippen LogP contribution in [0.15, 0.2) is 16.8 Å². The third-order valence-corrected chi connectivity index (χ3v) is 3.08. The normalized spacial score (nSPS) is 12.2. The van der Waals surface area contributed by atoms with E-state index in [1.165, 1.54) is 0 Å². The number of urea groups is 1. The monoisotopic (exact) mass is 270 g/mol. The number of carbonyl (C=O) groups excluding carboxylic acids is 1. The third kappa shape index (κ3) is 5.18. The Balaban J connectivity index is 2.39. The number of hydrogen-bond acceptors (Lipinski definition) is 3. The number of aliphatic carboxylic acids is 1. The fourth-order valence-corrected chi connectivity index (χ4v) is 2.15. The van der Waals surface area contributed by atoms with Gasteiger partial charge in [-0.1, -0.05) is 13.8 Å². The van der Waals surface area contributed by atoms with Crippen molar-refractivity contribution >= 4 is 23.3 Å². The summed E-state index contributed by atoms with van der Waals surface area (Å²) >= 11 is 1.55. The molecule has 1 atom stereocenters. The second-order valence-corrected chi connectivity index (χ2v) is 5.26. The molecule has 100 valence electrons. The number of hydrogen-bond donors (Lipinski definition) is 3. The average molecular weight is 270 g/mol. The Morgan fingerprint density at radius 2 is 2.17 bits per heavy atom. The van der Waals surface area contributed by atoms with Gasteiger partial charge in [0.2, 0.25) is 0 Å². The van der Waals surface area contributed by atoms with Crippen LogP contribution in [0.3, 0.4) is 0 Å². The molecule has 0 saturated carbocycles. The molecule has 1 heterocycles. The number of carboxylic acid groups (broad SMARTS) is 1. The van der Waals surface area contributed by atoms with E-state index in [-0.39, 0.29) is 5.92 Å². The van der Waals surface area contributed by atoms with E-state index >= 15 is 0 Å². The molecule has 1 aromatic heterocycles. The summed E-state index contributed by atoms with van der Waals surface area (Å²) in [6.45, 7) is 4.24. The third-order valence-electron chi connectivity index (χ3n) is 2.34. The van der Waals surface area contributed by atoms with E-state index in [1.54, 1.807) is 11.3 Å². The van der Waals surface area contributed by atoms with Gasteiger partial charge in [-0.2, -0.15) is 11.3 Å². The van der Waals surface area contributed by atoms with Crippen molar-refractivity contribution < 1.29 is 14.7 Å². The zero-order chi connectivity index (χ0) is 13.5. The summed E-state index contributed by atoms with van der Waals surface area (Å²) < 4.78 is 0. The quantitative estimate of drug-likeness (QED) is 0.740. The first-order chi connectivity index (χ1) is 8.49. The predicted molar refractivity (Wildman–Crippen MR) is 70.6 cm³/mol. The molecule has 3 N–H and O–H groups in total. The smallest absolute Gasteiger partial charge is 0.326 e. The van der Waals surface area contributed by atoms with Crippen molar-refractivity contribution in [3.8, 4) is 0 Å². The molecule has 2 amide bonds. The molecular formula is C12H18N2O3S. The van der Waals surface area contributed by atoms with Crippen molar-refractivity contribution in [2.75, 3.05) is 0 Å². The fourth-order valence-electron chi connectivity index (χ4n) is 1.48. The van der Waals surface area contributed by atoms with Crippen molar-refractivity contribution in [2.45, 2.75) is 32.9 Å². The molecule has 0 aromatic carbocycles. The summed E-state index contributed by atoms with van der Waals surface area (Å²) in [6.07, 6.45) is 0.418. The van der Waals surface area contributed by atoms with Gasteiger partial charge in [-0.3, -0.25) is 0 Å². The largest absolute Gasteiger partial charge is 0.480 e. The number of carbonyl (C=O) groups is 2. The SMILES string of the molecule is CC(C)C[C@H](NC(=O)NCc1ccsc1)C(=O)O. The predicted octanol–water partition coefficient (Wildman–Crippen LogP) is 2.05. The van der Waals surface area contributed by atoms with Gasteiger partial charge in [0, 0.05) is 6.54 Å². The fraction of sp³-hybridized carbons (Fsp3) is 0.500. The Morgan fingerprint density at radius 1 is 1.44 bits per heavy atom. The van der Waals surface area contributed by atoms with Gasteiger partial charge < -0.3 is 15.7 Å². The van der Waals surface area contributed by atoms with Gasteiger partial charge in [-0.15, -0.1) is 0 Å². The van der Waals surface area contributed by atoms with Crippen molar-refractivity contribution in [1.82, 2.24) is 10.6 Å². The Labute approximate surface area is 110 Å². The second kappa shape index (κ2) is 7.00. The van der Waals surface area contributed by atoms with Crippen LogP contribution in [0, 0.1) is 5.92 Å². The summed E-state index contributed by atoms with van der Waals surface area (Å²) in [6, 6.07) is 0.620. The standard InChI is InChI=1S/C12H18N2O3S/c1-8(2)5-10(11(15)16)14-12(17)13-6-9-3-4-18-7-9/h3-4,7-8,10H,5-6H2,1-2H3,(H,15,16)(H2,13,14,17)/t10-/m0/s1. The van der Waals surface area contributed by atoms with E-state index in [9.17, 15) is 9.59 Å². The van der Waals surface area contributed by atoms with Crippen LogP contribution in [0.25, 0.3) is 0 Å². The molecule has 0 fully saturated rings. The van der Waals surface area contributed by atoms with Gasteiger partial charge >= 0.3 is 12.0 Å². The first-order valence-corrected chi connectivity index (χ1v) is 6.71. The van der Waals surface area contributed by atoms with Gasteiger partial charge in [0.15, 0.2) is 0 Å². The van der Waals surface area contributed by atoms with E-state index in [0.717, 1.165) is 5.56 Å². The molecule has 0 aliphatic carbocycles. The molecule has 0 radical (unpaired) electrons. The van der Waals surface area contributed by atoms with Crippen molar-refractivity contribution in [3.05, 3.63) is 22.4 Å². The van der Waals surface area contributed by atoms with Crippen LogP contribution in [0.4, 0.5) is 4.79 Å². The molecule has 5 nitrogen and oxygen atoms in total. The van der Waals surface area contributed by atoms with Crippen molar-refractivity contribution in [1.29, 1.82) is 0 Å². The molecule has 0 saturated heterocycles. The lowest BCUT2D eigenvalue weighted by Gasteiger charge is -2.16. The zero-order valence-electron chi connectivity index (χ0n) is 10.5. The van der Waals surface area contributed by atoms with E-state index in [0.29, 0.717) is 13.0 Å². The van der Waals surface area contributed by atoms with E-state index in [2.05, 4.69) is 10.6 Å². The van der Waals surface area contributed by atoms with Gasteiger partial charge in [0.25, 0.3) is 0 Å². The molecule has 0 spiro atoms. The lowest BCUT2D eigenvalue weighted by Crippen LogP contribution is -2.46. The molecule has 6 heteroatoms. The maximum atomic E-state index is 11.6. The minimum atomic E-state index is -1.01. The van der Waals surface area contributed by atoms with Crippen molar-refractivity contribution in [3.63, 3.8) is 0 Å². The van der Waals surface area contributed by atoms with Crippen LogP contribution in [-0.2, 0) is 11.3 Å². The van der Waals surface area contributed by atoms with Crippen LogP contribution in [-0.4, -0.2) is 23.1 Å². The minimum absolute atomic E-state index is 0.211.